The number of nitrogens with zero attached hydrogens (tertiary/aromatic N) is 1. The number of hydrogen-bond acceptors (Lipinski definition) is 4. The third-order valence-electron chi connectivity index (χ3n) is 3.85. The zero-order valence-electron chi connectivity index (χ0n) is 10.6. The Morgan fingerprint density at radius 2 is 2.11 bits per heavy atom. The van der Waals surface area contributed by atoms with Crippen LogP contribution in [0.2, 0.25) is 0 Å². The van der Waals surface area contributed by atoms with Crippen molar-refractivity contribution in [2.45, 2.75) is 31.7 Å². The van der Waals surface area contributed by atoms with E-state index in [1.54, 1.807) is 11.3 Å². The van der Waals surface area contributed by atoms with Gasteiger partial charge in [-0.25, -0.2) is 4.98 Å². The van der Waals surface area contributed by atoms with E-state index in [0.29, 0.717) is 6.04 Å². The van der Waals surface area contributed by atoms with E-state index in [1.165, 1.54) is 10.1 Å². The molecule has 0 aliphatic heterocycles. The summed E-state index contributed by atoms with van der Waals surface area (Å²) >= 11 is 1.73. The molecular formula is C14H17N3OS. The molecule has 0 bridgehead atoms. The third kappa shape index (κ3) is 2.56. The molecule has 2 aromatic rings. The Bertz CT molecular complexity index is 587. The summed E-state index contributed by atoms with van der Waals surface area (Å²) in [4.78, 5) is 15.6. The van der Waals surface area contributed by atoms with Crippen molar-refractivity contribution in [2.75, 3.05) is 5.32 Å². The summed E-state index contributed by atoms with van der Waals surface area (Å²) in [5, 5.41) is 6.78. The summed E-state index contributed by atoms with van der Waals surface area (Å²) in [5.41, 5.74) is 5.36. The van der Waals surface area contributed by atoms with Crippen LogP contribution < -0.4 is 11.1 Å². The van der Waals surface area contributed by atoms with Crippen molar-refractivity contribution in [3.8, 4) is 0 Å². The van der Waals surface area contributed by atoms with Crippen molar-refractivity contribution >= 4 is 33.1 Å². The van der Waals surface area contributed by atoms with Crippen LogP contribution in [0.15, 0.2) is 23.7 Å². The van der Waals surface area contributed by atoms with Gasteiger partial charge in [-0.05, 0) is 43.2 Å². The van der Waals surface area contributed by atoms with E-state index in [1.807, 2.05) is 12.3 Å². The van der Waals surface area contributed by atoms with Crippen molar-refractivity contribution in [2.24, 2.45) is 11.7 Å². The fourth-order valence-corrected chi connectivity index (χ4v) is 3.51. The van der Waals surface area contributed by atoms with E-state index < -0.39 is 0 Å². The first-order valence-corrected chi connectivity index (χ1v) is 7.50. The van der Waals surface area contributed by atoms with Gasteiger partial charge in [0, 0.05) is 28.2 Å². The molecule has 0 spiro atoms. The highest BCUT2D eigenvalue weighted by atomic mass is 32.1. The lowest BCUT2D eigenvalue weighted by atomic mass is 9.85. The van der Waals surface area contributed by atoms with Gasteiger partial charge >= 0.3 is 0 Å². The lowest BCUT2D eigenvalue weighted by molar-refractivity contribution is -0.122. The van der Waals surface area contributed by atoms with Crippen molar-refractivity contribution < 1.29 is 4.79 Å². The molecule has 3 rings (SSSR count). The molecule has 0 unspecified atom stereocenters. The van der Waals surface area contributed by atoms with Gasteiger partial charge in [0.05, 0.1) is 0 Å². The molecule has 1 amide bonds. The minimum Gasteiger partial charge on any atom is -0.369 e. The number of carbonyl (C=O) groups is 1. The van der Waals surface area contributed by atoms with E-state index in [4.69, 9.17) is 5.73 Å². The van der Waals surface area contributed by atoms with Gasteiger partial charge in [-0.1, -0.05) is 0 Å². The average Bonchev–Trinajstić information content (AvgIpc) is 2.89. The molecule has 4 nitrogen and oxygen atoms in total. The van der Waals surface area contributed by atoms with Gasteiger partial charge in [-0.3, -0.25) is 4.79 Å². The van der Waals surface area contributed by atoms with Gasteiger partial charge in [0.15, 0.2) is 0 Å². The number of amides is 1. The Labute approximate surface area is 116 Å². The van der Waals surface area contributed by atoms with Crippen molar-refractivity contribution in [3.05, 3.63) is 23.7 Å². The second kappa shape index (κ2) is 5.17. The van der Waals surface area contributed by atoms with Gasteiger partial charge in [-0.2, -0.15) is 0 Å². The van der Waals surface area contributed by atoms with E-state index in [2.05, 4.69) is 21.7 Å². The summed E-state index contributed by atoms with van der Waals surface area (Å²) in [6.07, 6.45) is 5.57. The maximum atomic E-state index is 11.2. The summed E-state index contributed by atoms with van der Waals surface area (Å²) in [7, 11) is 0. The molecule has 1 aliphatic carbocycles. The van der Waals surface area contributed by atoms with E-state index in [0.717, 1.165) is 31.5 Å². The van der Waals surface area contributed by atoms with Crippen molar-refractivity contribution in [1.82, 2.24) is 4.98 Å². The van der Waals surface area contributed by atoms with Crippen molar-refractivity contribution in [1.29, 1.82) is 0 Å². The molecule has 5 heteroatoms. The van der Waals surface area contributed by atoms with Gasteiger partial charge in [0.1, 0.15) is 5.82 Å². The minimum absolute atomic E-state index is 0.0583. The first-order chi connectivity index (χ1) is 9.24. The Balaban J connectivity index is 1.69. The normalized spacial score (nSPS) is 23.4. The SMILES string of the molecule is NC(=O)C1CCC(Nc2nccc3sccc23)CC1. The molecular weight excluding hydrogens is 258 g/mol. The Hall–Kier alpha value is -1.62. The molecule has 100 valence electrons. The number of fused-ring (bicyclic) bond motifs is 1. The molecule has 0 saturated heterocycles. The molecule has 1 aliphatic rings. The summed E-state index contributed by atoms with van der Waals surface area (Å²) < 4.78 is 1.25. The maximum Gasteiger partial charge on any atom is 0.220 e. The van der Waals surface area contributed by atoms with Gasteiger partial charge in [0.2, 0.25) is 5.91 Å². The number of hydrogen-bond donors (Lipinski definition) is 2. The number of nitrogens with two attached hydrogens (primary N) is 1. The molecule has 0 radical (unpaired) electrons. The first kappa shape index (κ1) is 12.4. The fourth-order valence-electron chi connectivity index (χ4n) is 2.73. The predicted molar refractivity (Wildman–Crippen MR) is 78.2 cm³/mol. The second-order valence-electron chi connectivity index (χ2n) is 5.09. The summed E-state index contributed by atoms with van der Waals surface area (Å²) in [6, 6.07) is 4.54. The number of aromatic nitrogens is 1. The van der Waals surface area contributed by atoms with Gasteiger partial charge in [0.25, 0.3) is 0 Å². The second-order valence-corrected chi connectivity index (χ2v) is 6.03. The first-order valence-electron chi connectivity index (χ1n) is 6.62. The highest BCUT2D eigenvalue weighted by Crippen LogP contribution is 2.30. The molecule has 1 saturated carbocycles. The van der Waals surface area contributed by atoms with Gasteiger partial charge < -0.3 is 11.1 Å². The highest BCUT2D eigenvalue weighted by molar-refractivity contribution is 7.17. The molecule has 3 N–H and O–H groups in total. The standard InChI is InChI=1S/C14H17N3OS/c15-13(18)9-1-3-10(4-2-9)17-14-11-6-8-19-12(11)5-7-16-14/h5-10H,1-4H2,(H2,15,18)(H,16,17). The van der Waals surface area contributed by atoms with E-state index >= 15 is 0 Å². The van der Waals surface area contributed by atoms with Crippen LogP contribution in [-0.2, 0) is 4.79 Å². The lowest BCUT2D eigenvalue weighted by Crippen LogP contribution is -2.32. The van der Waals surface area contributed by atoms with Crippen LogP contribution in [0.4, 0.5) is 5.82 Å². The molecule has 2 aromatic heterocycles. The zero-order valence-corrected chi connectivity index (χ0v) is 11.5. The Morgan fingerprint density at radius 1 is 1.32 bits per heavy atom. The van der Waals surface area contributed by atoms with Crippen LogP contribution >= 0.6 is 11.3 Å². The Kier molecular flexibility index (Phi) is 3.38. The quantitative estimate of drug-likeness (QED) is 0.905. The predicted octanol–water partition coefficient (Wildman–Crippen LogP) is 2.75. The summed E-state index contributed by atoms with van der Waals surface area (Å²) in [5.74, 6) is 0.862. The van der Waals surface area contributed by atoms with Crippen LogP contribution in [0.25, 0.3) is 10.1 Å². The smallest absolute Gasteiger partial charge is 0.220 e. The topological polar surface area (TPSA) is 68.0 Å². The maximum absolute atomic E-state index is 11.2. The molecule has 19 heavy (non-hydrogen) atoms. The van der Waals surface area contributed by atoms with Crippen LogP contribution in [0.5, 0.6) is 0 Å². The Morgan fingerprint density at radius 3 is 2.84 bits per heavy atom. The van der Waals surface area contributed by atoms with E-state index in [-0.39, 0.29) is 11.8 Å². The third-order valence-corrected chi connectivity index (χ3v) is 4.73. The number of nitrogens with one attached hydrogen (secondary N) is 1. The number of rotatable bonds is 3. The number of pyridine rings is 1. The average molecular weight is 275 g/mol. The number of thiophene rings is 1. The molecule has 0 atom stereocenters. The number of anilines is 1. The van der Waals surface area contributed by atoms with Crippen molar-refractivity contribution in [3.63, 3.8) is 0 Å². The van der Waals surface area contributed by atoms with Crippen LogP contribution in [-0.4, -0.2) is 16.9 Å². The van der Waals surface area contributed by atoms with Crippen LogP contribution in [0.3, 0.4) is 0 Å². The summed E-state index contributed by atoms with van der Waals surface area (Å²) in [6.45, 7) is 0. The lowest BCUT2D eigenvalue weighted by Gasteiger charge is -2.27. The molecule has 0 aromatic carbocycles. The molecule has 1 fully saturated rings. The zero-order chi connectivity index (χ0) is 13.2. The van der Waals surface area contributed by atoms with Gasteiger partial charge in [-0.15, -0.1) is 11.3 Å². The monoisotopic (exact) mass is 275 g/mol. The number of primary amides is 1. The number of carbonyl (C=O) groups excluding carboxylic acids is 1. The largest absolute Gasteiger partial charge is 0.369 e. The fraction of sp³-hybridized carbons (Fsp3) is 0.429. The highest BCUT2D eigenvalue weighted by Gasteiger charge is 2.24. The van der Waals surface area contributed by atoms with Crippen LogP contribution in [0, 0.1) is 5.92 Å². The minimum atomic E-state index is -0.156. The van der Waals surface area contributed by atoms with E-state index in [9.17, 15) is 4.79 Å². The van der Waals surface area contributed by atoms with Crippen LogP contribution in [0.1, 0.15) is 25.7 Å². The molecule has 2 heterocycles.